The number of fused-ring (bicyclic) bond motifs is 9. The molecule has 5 aliphatic rings. The highest BCUT2D eigenvalue weighted by Crippen LogP contribution is 2.63. The number of rotatable bonds is 2. The summed E-state index contributed by atoms with van der Waals surface area (Å²) in [7, 11) is 3.49. The molecule has 12 nitrogen and oxygen atoms in total. The highest BCUT2D eigenvalue weighted by atomic mass is 32.2. The molecule has 44 heavy (non-hydrogen) atoms. The van der Waals surface area contributed by atoms with Crippen LogP contribution in [-0.4, -0.2) is 89.4 Å². The molecule has 7 rings (SSSR count). The summed E-state index contributed by atoms with van der Waals surface area (Å²) < 4.78 is 23.3. The van der Waals surface area contributed by atoms with Crippen LogP contribution in [0.5, 0.6) is 28.7 Å². The van der Waals surface area contributed by atoms with Crippen LogP contribution in [0.25, 0.3) is 0 Å². The van der Waals surface area contributed by atoms with E-state index in [1.165, 1.54) is 25.8 Å². The van der Waals surface area contributed by atoms with Gasteiger partial charge >= 0.3 is 5.97 Å². The van der Waals surface area contributed by atoms with Crippen LogP contribution in [-0.2, 0) is 20.7 Å². The SMILES string of the molecule is COc1c(C)cc2c(c1O)C1[C@@H]3[C@@H]4SCC(NC(C)=O)C(=O)OC[C@@H](c5c6c(c(C)c(O)c54)OCO6)N3[C@@H](C#N)C(C2)N1C. The Bertz CT molecular complexity index is 1640. The Morgan fingerprint density at radius 1 is 1.16 bits per heavy atom. The fourth-order valence-corrected chi connectivity index (χ4v) is 9.56. The fraction of sp³-hybridized carbons (Fsp3) is 0.516. The number of nitrogens with zero attached hydrogens (tertiary/aromatic N) is 3. The molecule has 13 heteroatoms. The lowest BCUT2D eigenvalue weighted by Crippen LogP contribution is -2.69. The summed E-state index contributed by atoms with van der Waals surface area (Å²) in [6.07, 6.45) is 0.515. The van der Waals surface area contributed by atoms with Crippen LogP contribution in [0.3, 0.4) is 0 Å². The van der Waals surface area contributed by atoms with Crippen molar-refractivity contribution in [3.8, 4) is 34.8 Å². The highest BCUT2D eigenvalue weighted by Gasteiger charge is 2.60. The summed E-state index contributed by atoms with van der Waals surface area (Å²) in [6, 6.07) is 1.22. The van der Waals surface area contributed by atoms with E-state index in [9.17, 15) is 25.1 Å². The van der Waals surface area contributed by atoms with Crippen molar-refractivity contribution in [2.24, 2.45) is 0 Å². The number of amides is 1. The number of carbonyl (C=O) groups excluding carboxylic acids is 2. The first kappa shape index (κ1) is 28.9. The molecule has 2 aromatic carbocycles. The van der Waals surface area contributed by atoms with Gasteiger partial charge in [-0.05, 0) is 38.4 Å². The van der Waals surface area contributed by atoms with Gasteiger partial charge in [-0.2, -0.15) is 5.26 Å². The maximum absolute atomic E-state index is 13.3. The number of phenols is 2. The van der Waals surface area contributed by atoms with Crippen molar-refractivity contribution in [3.05, 3.63) is 39.4 Å². The van der Waals surface area contributed by atoms with E-state index >= 15 is 0 Å². The molecule has 2 aromatic rings. The Morgan fingerprint density at radius 2 is 1.91 bits per heavy atom. The first-order valence-electron chi connectivity index (χ1n) is 14.6. The summed E-state index contributed by atoms with van der Waals surface area (Å²) in [4.78, 5) is 29.6. The second-order valence-electron chi connectivity index (χ2n) is 12.1. The fourth-order valence-electron chi connectivity index (χ4n) is 8.05. The molecule has 1 amide bonds. The third-order valence-corrected chi connectivity index (χ3v) is 11.2. The molecular weight excluding hydrogens is 588 g/mol. The number of phenolic OH excluding ortho intramolecular Hbond substituents is 2. The van der Waals surface area contributed by atoms with Crippen molar-refractivity contribution in [3.63, 3.8) is 0 Å². The Kier molecular flexibility index (Phi) is 6.80. The zero-order valence-corrected chi connectivity index (χ0v) is 25.9. The van der Waals surface area contributed by atoms with Gasteiger partial charge in [0.15, 0.2) is 23.0 Å². The summed E-state index contributed by atoms with van der Waals surface area (Å²) >= 11 is 1.40. The van der Waals surface area contributed by atoms with Crippen LogP contribution in [0.1, 0.15) is 57.6 Å². The van der Waals surface area contributed by atoms with E-state index in [4.69, 9.17) is 18.9 Å². The van der Waals surface area contributed by atoms with E-state index in [1.807, 2.05) is 20.0 Å². The van der Waals surface area contributed by atoms with Gasteiger partial charge in [0.05, 0.1) is 30.5 Å². The van der Waals surface area contributed by atoms with Gasteiger partial charge in [-0.25, -0.2) is 4.79 Å². The lowest BCUT2D eigenvalue weighted by atomic mass is 9.71. The van der Waals surface area contributed by atoms with Crippen LogP contribution in [0.2, 0.25) is 0 Å². The van der Waals surface area contributed by atoms with Crippen LogP contribution in [0.15, 0.2) is 6.07 Å². The van der Waals surface area contributed by atoms with Crippen molar-refractivity contribution >= 4 is 23.6 Å². The van der Waals surface area contributed by atoms with E-state index in [2.05, 4.69) is 21.2 Å². The Hall–Kier alpha value is -3.86. The van der Waals surface area contributed by atoms with Crippen LogP contribution < -0.4 is 19.5 Å². The maximum Gasteiger partial charge on any atom is 0.329 e. The summed E-state index contributed by atoms with van der Waals surface area (Å²) in [5, 5.41) is 36.6. The minimum absolute atomic E-state index is 0.0273. The number of benzene rings is 2. The number of thioether (sulfide) groups is 1. The summed E-state index contributed by atoms with van der Waals surface area (Å²) in [5.74, 6) is 0.614. The quantitative estimate of drug-likeness (QED) is 0.422. The first-order valence-corrected chi connectivity index (χ1v) is 15.6. The molecule has 3 unspecified atom stereocenters. The normalized spacial score (nSPS) is 30.4. The zero-order chi connectivity index (χ0) is 31.2. The van der Waals surface area contributed by atoms with Gasteiger partial charge in [0, 0.05) is 47.0 Å². The monoisotopic (exact) mass is 622 g/mol. The molecule has 0 spiro atoms. The predicted octanol–water partition coefficient (Wildman–Crippen LogP) is 2.52. The van der Waals surface area contributed by atoms with E-state index in [-0.39, 0.29) is 42.6 Å². The number of nitrogens with one attached hydrogen (secondary N) is 1. The molecule has 4 bridgehead atoms. The zero-order valence-electron chi connectivity index (χ0n) is 25.0. The van der Waals surface area contributed by atoms with E-state index in [0.29, 0.717) is 40.4 Å². The Morgan fingerprint density at radius 3 is 2.61 bits per heavy atom. The molecular formula is C31H34N4O8S. The smallest absolute Gasteiger partial charge is 0.329 e. The van der Waals surface area contributed by atoms with Crippen molar-refractivity contribution in [1.82, 2.24) is 15.1 Å². The third kappa shape index (κ3) is 3.90. The van der Waals surface area contributed by atoms with Crippen molar-refractivity contribution < 1.29 is 38.7 Å². The number of piperazine rings is 1. The number of hydrogen-bond donors (Lipinski definition) is 3. The number of aromatic hydroxyl groups is 2. The number of ether oxygens (including phenoxy) is 4. The number of esters is 1. The van der Waals surface area contributed by atoms with Gasteiger partial charge in [0.25, 0.3) is 0 Å². The summed E-state index contributed by atoms with van der Waals surface area (Å²) in [5.41, 5.74) is 4.25. The molecule has 0 saturated carbocycles. The van der Waals surface area contributed by atoms with Gasteiger partial charge in [-0.1, -0.05) is 6.07 Å². The molecule has 2 saturated heterocycles. The number of carbonyl (C=O) groups is 2. The van der Waals surface area contributed by atoms with E-state index < -0.39 is 41.4 Å². The molecule has 0 aromatic heterocycles. The van der Waals surface area contributed by atoms with Gasteiger partial charge in [0.1, 0.15) is 24.4 Å². The number of likely N-dealkylation sites (N-methyl/N-ethyl adjacent to an activating group) is 1. The number of cyclic esters (lactones) is 1. The molecule has 232 valence electrons. The highest BCUT2D eigenvalue weighted by molar-refractivity contribution is 7.99. The second-order valence-corrected chi connectivity index (χ2v) is 13.2. The average Bonchev–Trinajstić information content (AvgIpc) is 3.47. The number of hydrogen-bond acceptors (Lipinski definition) is 12. The molecule has 7 atom stereocenters. The van der Waals surface area contributed by atoms with E-state index in [1.54, 1.807) is 6.92 Å². The summed E-state index contributed by atoms with van der Waals surface area (Å²) in [6.45, 7) is 4.83. The van der Waals surface area contributed by atoms with Crippen LogP contribution >= 0.6 is 11.8 Å². The van der Waals surface area contributed by atoms with Crippen molar-refractivity contribution in [2.75, 3.05) is 33.3 Å². The molecule has 3 N–H and O–H groups in total. The van der Waals surface area contributed by atoms with Crippen LogP contribution in [0.4, 0.5) is 0 Å². The molecule has 5 heterocycles. The Balaban J connectivity index is 1.51. The van der Waals surface area contributed by atoms with Gasteiger partial charge in [-0.15, -0.1) is 11.8 Å². The lowest BCUT2D eigenvalue weighted by Gasteiger charge is -2.61. The predicted molar refractivity (Wildman–Crippen MR) is 158 cm³/mol. The van der Waals surface area contributed by atoms with Crippen molar-refractivity contribution in [2.45, 2.75) is 68.7 Å². The molecule has 5 aliphatic heterocycles. The molecule has 2 fully saturated rings. The van der Waals surface area contributed by atoms with E-state index in [0.717, 1.165) is 16.7 Å². The van der Waals surface area contributed by atoms with Gasteiger partial charge in [0.2, 0.25) is 12.7 Å². The van der Waals surface area contributed by atoms with Gasteiger partial charge in [-0.3, -0.25) is 14.6 Å². The molecule has 0 aliphatic carbocycles. The van der Waals surface area contributed by atoms with Gasteiger partial charge < -0.3 is 34.5 Å². The average molecular weight is 623 g/mol. The largest absolute Gasteiger partial charge is 0.507 e. The maximum atomic E-state index is 13.3. The standard InChI is InChI=1S/C31H34N4O8S/c1-12-6-15-7-17-18(8-32)35-19-9-41-31(39)16(33-14(3)36)10-44-30(22-21(19)29-28(42-11-43-29)13(2)25(22)37)24(35)23(34(17)4)20(15)26(38)27(12)40-5/h6,16-19,23-24,30,37-38H,7,9-11H2,1-5H3,(H,33,36)/t16?,17?,18-,19-,23?,24+,30+/m0/s1. The number of methoxy groups -OCH3 is 1. The lowest BCUT2D eigenvalue weighted by molar-refractivity contribution is -0.152. The van der Waals surface area contributed by atoms with Crippen molar-refractivity contribution in [1.29, 1.82) is 5.26 Å². The minimum Gasteiger partial charge on any atom is -0.507 e. The minimum atomic E-state index is -0.915. The second kappa shape index (κ2) is 10.4. The number of nitriles is 1. The van der Waals surface area contributed by atoms with Crippen LogP contribution in [0, 0.1) is 25.2 Å². The number of aryl methyl sites for hydroxylation is 1. The Labute approximate surface area is 258 Å². The topological polar surface area (TPSA) is 154 Å². The first-order chi connectivity index (χ1) is 21.1. The molecule has 0 radical (unpaired) electrons. The third-order valence-electron chi connectivity index (χ3n) is 9.82.